The number of hydrogen-bond donors (Lipinski definition) is 1. The number of hydrogen-bond acceptors (Lipinski definition) is 4. The predicted molar refractivity (Wildman–Crippen MR) is 62.6 cm³/mol. The molecule has 0 radical (unpaired) electrons. The third kappa shape index (κ3) is 3.75. The molecule has 0 aliphatic carbocycles. The molecule has 90 valence electrons. The van der Waals surface area contributed by atoms with Crippen molar-refractivity contribution in [2.45, 2.75) is 26.4 Å². The lowest BCUT2D eigenvalue weighted by atomic mass is 10.3. The van der Waals surface area contributed by atoms with E-state index < -0.39 is 0 Å². The second-order valence-corrected chi connectivity index (χ2v) is 3.76. The van der Waals surface area contributed by atoms with Crippen LogP contribution in [-0.2, 0) is 11.3 Å². The minimum absolute atomic E-state index is 0.0704. The van der Waals surface area contributed by atoms with Crippen LogP contribution in [0.25, 0.3) is 0 Å². The molecule has 0 bridgehead atoms. The molecule has 1 atom stereocenters. The number of nitrogens with one attached hydrogen (secondary N) is 1. The lowest BCUT2D eigenvalue weighted by Crippen LogP contribution is -2.40. The van der Waals surface area contributed by atoms with Crippen LogP contribution in [0.2, 0.25) is 0 Å². The molecular weight excluding hydrogens is 206 g/mol. The van der Waals surface area contributed by atoms with E-state index >= 15 is 0 Å². The number of aromatic nitrogens is 2. The summed E-state index contributed by atoms with van der Waals surface area (Å²) >= 11 is 0. The Morgan fingerprint density at radius 2 is 2.38 bits per heavy atom. The van der Waals surface area contributed by atoms with Crippen LogP contribution in [0.4, 0.5) is 0 Å². The predicted octanol–water partition coefficient (Wildman–Crippen LogP) is 0.176. The molecule has 0 amide bonds. The van der Waals surface area contributed by atoms with Gasteiger partial charge < -0.3 is 10.1 Å². The molecule has 0 saturated heterocycles. The fourth-order valence-corrected chi connectivity index (χ4v) is 1.54. The summed E-state index contributed by atoms with van der Waals surface area (Å²) in [5.41, 5.74) is 0.812. The monoisotopic (exact) mass is 225 g/mol. The Balaban J connectivity index is 2.72. The van der Waals surface area contributed by atoms with Gasteiger partial charge in [0.1, 0.15) is 0 Å². The van der Waals surface area contributed by atoms with Gasteiger partial charge in [0.2, 0.25) is 0 Å². The van der Waals surface area contributed by atoms with E-state index in [0.717, 1.165) is 12.1 Å². The van der Waals surface area contributed by atoms with Crippen molar-refractivity contribution in [3.63, 3.8) is 0 Å². The zero-order valence-electron chi connectivity index (χ0n) is 10.1. The van der Waals surface area contributed by atoms with Gasteiger partial charge in [-0.3, -0.25) is 4.79 Å². The van der Waals surface area contributed by atoms with Crippen molar-refractivity contribution in [3.8, 4) is 0 Å². The molecule has 1 rings (SSSR count). The lowest BCUT2D eigenvalue weighted by molar-refractivity contribution is 0.157. The molecule has 0 fully saturated rings. The first-order chi connectivity index (χ1) is 7.67. The fourth-order valence-electron chi connectivity index (χ4n) is 1.54. The Hall–Kier alpha value is -1.20. The van der Waals surface area contributed by atoms with Gasteiger partial charge in [-0.15, -0.1) is 0 Å². The molecule has 1 aromatic heterocycles. The van der Waals surface area contributed by atoms with Crippen LogP contribution in [0.5, 0.6) is 0 Å². The van der Waals surface area contributed by atoms with Crippen LogP contribution in [0.3, 0.4) is 0 Å². The van der Waals surface area contributed by atoms with Crippen molar-refractivity contribution in [1.29, 1.82) is 0 Å². The summed E-state index contributed by atoms with van der Waals surface area (Å²) in [5.74, 6) is 0. The van der Waals surface area contributed by atoms with Crippen LogP contribution in [0.15, 0.2) is 17.1 Å². The lowest BCUT2D eigenvalue weighted by Gasteiger charge is -2.17. The largest absolute Gasteiger partial charge is 0.383 e. The number of nitrogens with zero attached hydrogens (tertiary/aromatic N) is 2. The molecule has 0 aromatic carbocycles. The van der Waals surface area contributed by atoms with Crippen molar-refractivity contribution >= 4 is 0 Å². The third-order valence-corrected chi connectivity index (χ3v) is 2.26. The standard InChI is InChI=1S/C11H19N3O2/c1-4-12-10(8-16-3)7-14-11(15)5-9(2)6-13-14/h5-6,10,12H,4,7-8H2,1-3H3. The minimum Gasteiger partial charge on any atom is -0.383 e. The van der Waals surface area contributed by atoms with Crippen molar-refractivity contribution in [2.24, 2.45) is 0 Å². The van der Waals surface area contributed by atoms with E-state index in [4.69, 9.17) is 4.74 Å². The van der Waals surface area contributed by atoms with Crippen LogP contribution >= 0.6 is 0 Å². The highest BCUT2D eigenvalue weighted by Gasteiger charge is 2.09. The maximum Gasteiger partial charge on any atom is 0.267 e. The average Bonchev–Trinajstić information content (AvgIpc) is 2.23. The molecule has 0 saturated carbocycles. The van der Waals surface area contributed by atoms with Crippen molar-refractivity contribution in [3.05, 3.63) is 28.2 Å². The van der Waals surface area contributed by atoms with Gasteiger partial charge in [0.15, 0.2) is 0 Å². The van der Waals surface area contributed by atoms with Crippen LogP contribution in [0.1, 0.15) is 12.5 Å². The molecule has 0 spiro atoms. The summed E-state index contributed by atoms with van der Waals surface area (Å²) in [4.78, 5) is 11.6. The van der Waals surface area contributed by atoms with Gasteiger partial charge >= 0.3 is 0 Å². The first-order valence-electron chi connectivity index (χ1n) is 5.43. The SMILES string of the molecule is CCNC(COC)Cn1ncc(C)cc1=O. The van der Waals surface area contributed by atoms with E-state index in [1.807, 2.05) is 13.8 Å². The second-order valence-electron chi connectivity index (χ2n) is 3.76. The van der Waals surface area contributed by atoms with Crippen molar-refractivity contribution < 1.29 is 4.74 Å². The molecule has 5 heteroatoms. The van der Waals surface area contributed by atoms with Gasteiger partial charge in [0.05, 0.1) is 25.4 Å². The molecule has 1 unspecified atom stereocenters. The number of aryl methyl sites for hydroxylation is 1. The van der Waals surface area contributed by atoms with Crippen LogP contribution < -0.4 is 10.9 Å². The highest BCUT2D eigenvalue weighted by molar-refractivity contribution is 5.02. The molecule has 0 aliphatic heterocycles. The molecular formula is C11H19N3O2. The fraction of sp³-hybridized carbons (Fsp3) is 0.636. The molecule has 1 N–H and O–H groups in total. The quantitative estimate of drug-likeness (QED) is 0.750. The van der Waals surface area contributed by atoms with Gasteiger partial charge in [-0.05, 0) is 19.0 Å². The third-order valence-electron chi connectivity index (χ3n) is 2.26. The highest BCUT2D eigenvalue weighted by atomic mass is 16.5. The second kappa shape index (κ2) is 6.40. The van der Waals surface area contributed by atoms with Crippen molar-refractivity contribution in [1.82, 2.24) is 15.1 Å². The van der Waals surface area contributed by atoms with Gasteiger partial charge in [0.25, 0.3) is 5.56 Å². The maximum atomic E-state index is 11.6. The van der Waals surface area contributed by atoms with Gasteiger partial charge in [-0.25, -0.2) is 4.68 Å². The normalized spacial score (nSPS) is 12.7. The summed E-state index contributed by atoms with van der Waals surface area (Å²) in [6.45, 7) is 5.81. The Kier molecular flexibility index (Phi) is 5.14. The van der Waals surface area contributed by atoms with E-state index in [0.29, 0.717) is 13.2 Å². The number of rotatable bonds is 6. The zero-order valence-corrected chi connectivity index (χ0v) is 10.1. The highest BCUT2D eigenvalue weighted by Crippen LogP contribution is 1.91. The Bertz CT molecular complexity index is 370. The van der Waals surface area contributed by atoms with Gasteiger partial charge in [-0.2, -0.15) is 5.10 Å². The van der Waals surface area contributed by atoms with Gasteiger partial charge in [-0.1, -0.05) is 6.92 Å². The summed E-state index contributed by atoms with van der Waals surface area (Å²) in [6, 6.07) is 1.70. The minimum atomic E-state index is -0.0704. The molecule has 1 aromatic rings. The smallest absolute Gasteiger partial charge is 0.267 e. The summed E-state index contributed by atoms with van der Waals surface area (Å²) in [5, 5.41) is 7.34. The summed E-state index contributed by atoms with van der Waals surface area (Å²) in [6.07, 6.45) is 1.69. The Labute approximate surface area is 95.4 Å². The first kappa shape index (κ1) is 12.9. The van der Waals surface area contributed by atoms with E-state index in [2.05, 4.69) is 10.4 Å². The average molecular weight is 225 g/mol. The van der Waals surface area contributed by atoms with E-state index in [-0.39, 0.29) is 11.6 Å². The first-order valence-corrected chi connectivity index (χ1v) is 5.43. The van der Waals surface area contributed by atoms with Crippen molar-refractivity contribution in [2.75, 3.05) is 20.3 Å². The van der Waals surface area contributed by atoms with Gasteiger partial charge in [0, 0.05) is 13.2 Å². The van der Waals surface area contributed by atoms with Crippen LogP contribution in [-0.4, -0.2) is 36.1 Å². The van der Waals surface area contributed by atoms with Crippen LogP contribution in [0, 0.1) is 6.92 Å². The number of ether oxygens (including phenoxy) is 1. The van der Waals surface area contributed by atoms with E-state index in [1.54, 1.807) is 19.4 Å². The Morgan fingerprint density at radius 3 is 2.94 bits per heavy atom. The molecule has 16 heavy (non-hydrogen) atoms. The molecule has 5 nitrogen and oxygen atoms in total. The molecule has 1 heterocycles. The molecule has 0 aliphatic rings. The van der Waals surface area contributed by atoms with E-state index in [1.165, 1.54) is 4.68 Å². The topological polar surface area (TPSA) is 56.1 Å². The number of methoxy groups -OCH3 is 1. The van der Waals surface area contributed by atoms with E-state index in [9.17, 15) is 4.79 Å². The zero-order chi connectivity index (χ0) is 12.0. The summed E-state index contributed by atoms with van der Waals surface area (Å²) < 4.78 is 6.54. The summed E-state index contributed by atoms with van der Waals surface area (Å²) in [7, 11) is 1.65. The maximum absolute atomic E-state index is 11.6. The number of likely N-dealkylation sites (N-methyl/N-ethyl adjacent to an activating group) is 1. The Morgan fingerprint density at radius 1 is 1.62 bits per heavy atom.